The van der Waals surface area contributed by atoms with E-state index in [1.807, 2.05) is 60.7 Å². The van der Waals surface area contributed by atoms with Crippen LogP contribution >= 0.6 is 0 Å². The third kappa shape index (κ3) is 3.02. The summed E-state index contributed by atoms with van der Waals surface area (Å²) in [5, 5.41) is 1.29. The zero-order chi connectivity index (χ0) is 15.4. The Morgan fingerprint density at radius 2 is 1.64 bits per heavy atom. The molecule has 3 rings (SSSR count). The van der Waals surface area contributed by atoms with Crippen LogP contribution in [0.3, 0.4) is 0 Å². The molecule has 0 amide bonds. The number of para-hydroxylation sites is 1. The summed E-state index contributed by atoms with van der Waals surface area (Å²) in [6.07, 6.45) is 1.46. The van der Waals surface area contributed by atoms with Crippen LogP contribution in [0.5, 0.6) is 0 Å². The Morgan fingerprint density at radius 1 is 1.00 bits per heavy atom. The summed E-state index contributed by atoms with van der Waals surface area (Å²) in [6, 6.07) is 18.9. The molecule has 22 heavy (non-hydrogen) atoms. The average Bonchev–Trinajstić information content (AvgIpc) is 2.58. The van der Waals surface area contributed by atoms with Crippen molar-refractivity contribution < 1.29 is 0 Å². The molecule has 3 aromatic rings. The number of hydrogen-bond acceptors (Lipinski definition) is 5. The number of anilines is 2. The van der Waals surface area contributed by atoms with Crippen molar-refractivity contribution in [3.63, 3.8) is 0 Å². The van der Waals surface area contributed by atoms with Crippen LogP contribution in [0.4, 0.5) is 11.6 Å². The highest BCUT2D eigenvalue weighted by Crippen LogP contribution is 2.15. The first-order valence-electron chi connectivity index (χ1n) is 6.81. The van der Waals surface area contributed by atoms with Gasteiger partial charge in [0.2, 0.25) is 0 Å². The average molecular weight is 293 g/mol. The molecule has 0 bridgehead atoms. The van der Waals surface area contributed by atoms with Crippen molar-refractivity contribution in [3.05, 3.63) is 83.0 Å². The van der Waals surface area contributed by atoms with E-state index in [1.54, 1.807) is 0 Å². The van der Waals surface area contributed by atoms with Crippen LogP contribution in [0, 0.1) is 0 Å². The molecule has 0 aliphatic rings. The molecule has 0 atom stereocenters. The molecule has 6 heteroatoms. The van der Waals surface area contributed by atoms with E-state index in [9.17, 15) is 4.79 Å². The molecule has 0 saturated heterocycles. The lowest BCUT2D eigenvalue weighted by Crippen LogP contribution is -2.32. The van der Waals surface area contributed by atoms with Gasteiger partial charge in [-0.2, -0.15) is 4.98 Å². The fourth-order valence-electron chi connectivity index (χ4n) is 2.06. The van der Waals surface area contributed by atoms with E-state index in [0.717, 1.165) is 5.56 Å². The van der Waals surface area contributed by atoms with Gasteiger partial charge in [0.15, 0.2) is 0 Å². The molecule has 1 aromatic heterocycles. The summed E-state index contributed by atoms with van der Waals surface area (Å²) in [4.78, 5) is 20.2. The molecule has 2 N–H and O–H groups in total. The fourth-order valence-corrected chi connectivity index (χ4v) is 2.06. The highest BCUT2D eigenvalue weighted by Gasteiger charge is 2.09. The van der Waals surface area contributed by atoms with Gasteiger partial charge >= 0.3 is 5.69 Å². The van der Waals surface area contributed by atoms with Crippen molar-refractivity contribution in [1.82, 2.24) is 14.5 Å². The quantitative estimate of drug-likeness (QED) is 0.585. The summed E-state index contributed by atoms with van der Waals surface area (Å²) < 4.78 is 1.44. The molecule has 2 aromatic carbocycles. The zero-order valence-corrected chi connectivity index (χ0v) is 11.8. The minimum absolute atomic E-state index is 0.167. The van der Waals surface area contributed by atoms with E-state index < -0.39 is 0 Å². The van der Waals surface area contributed by atoms with Gasteiger partial charge < -0.3 is 0 Å². The van der Waals surface area contributed by atoms with Crippen LogP contribution in [0.1, 0.15) is 5.56 Å². The fraction of sp³-hybridized carbons (Fsp3) is 0.0625. The second-order valence-corrected chi connectivity index (χ2v) is 4.76. The summed E-state index contributed by atoms with van der Waals surface area (Å²) in [7, 11) is 0. The number of nitrogens with zero attached hydrogens (tertiary/aromatic N) is 4. The number of nitrogens with two attached hydrogens (primary N) is 1. The maximum absolute atomic E-state index is 12.1. The Labute approximate surface area is 127 Å². The van der Waals surface area contributed by atoms with E-state index in [0.29, 0.717) is 12.2 Å². The number of benzene rings is 2. The molecule has 0 saturated carbocycles. The van der Waals surface area contributed by atoms with Gasteiger partial charge in [0.25, 0.3) is 5.95 Å². The van der Waals surface area contributed by atoms with E-state index in [2.05, 4.69) is 9.97 Å². The Balaban J connectivity index is 1.85. The summed E-state index contributed by atoms with van der Waals surface area (Å²) >= 11 is 0. The van der Waals surface area contributed by atoms with Gasteiger partial charge in [0, 0.05) is 0 Å². The molecule has 0 unspecified atom stereocenters. The second-order valence-electron chi connectivity index (χ2n) is 4.76. The first-order chi connectivity index (χ1) is 10.7. The normalized spacial score (nSPS) is 10.4. The molecule has 1 heterocycles. The van der Waals surface area contributed by atoms with Crippen LogP contribution in [0.2, 0.25) is 0 Å². The van der Waals surface area contributed by atoms with E-state index in [1.165, 1.54) is 15.9 Å². The van der Waals surface area contributed by atoms with E-state index >= 15 is 0 Å². The minimum Gasteiger partial charge on any atom is -0.278 e. The van der Waals surface area contributed by atoms with E-state index in [-0.39, 0.29) is 11.6 Å². The van der Waals surface area contributed by atoms with Crippen LogP contribution in [-0.4, -0.2) is 14.5 Å². The third-order valence-corrected chi connectivity index (χ3v) is 3.20. The maximum Gasteiger partial charge on any atom is 0.352 e. The molecule has 0 aliphatic heterocycles. The highest BCUT2D eigenvalue weighted by atomic mass is 16.1. The minimum atomic E-state index is -0.389. The Kier molecular flexibility index (Phi) is 3.93. The van der Waals surface area contributed by atoms with Gasteiger partial charge in [0.05, 0.1) is 12.2 Å². The van der Waals surface area contributed by atoms with Crippen molar-refractivity contribution in [2.24, 2.45) is 5.84 Å². The Morgan fingerprint density at radius 3 is 2.27 bits per heavy atom. The summed E-state index contributed by atoms with van der Waals surface area (Å²) in [5.74, 6) is 6.12. The lowest BCUT2D eigenvalue weighted by atomic mass is 10.2. The van der Waals surface area contributed by atoms with E-state index in [4.69, 9.17) is 5.84 Å². The van der Waals surface area contributed by atoms with Gasteiger partial charge in [-0.25, -0.2) is 20.6 Å². The number of rotatable bonds is 4. The third-order valence-electron chi connectivity index (χ3n) is 3.20. The predicted octanol–water partition coefficient (Wildman–Crippen LogP) is 1.70. The lowest BCUT2D eigenvalue weighted by Gasteiger charge is -2.16. The standard InChI is InChI=1S/C16H15N5O/c17-21(14-9-5-2-6-10-14)15-18-12-20(16(22)19-15)11-13-7-3-1-4-8-13/h1-10,12H,11,17H2. The largest absolute Gasteiger partial charge is 0.352 e. The topological polar surface area (TPSA) is 77.0 Å². The molecule has 0 spiro atoms. The lowest BCUT2D eigenvalue weighted by molar-refractivity contribution is 0.695. The van der Waals surface area contributed by atoms with Gasteiger partial charge in [-0.1, -0.05) is 48.5 Å². The molecule has 110 valence electrons. The molecule has 0 radical (unpaired) electrons. The van der Waals surface area contributed by atoms with Gasteiger partial charge in [-0.15, -0.1) is 0 Å². The first-order valence-corrected chi connectivity index (χ1v) is 6.81. The Hall–Kier alpha value is -2.99. The predicted molar refractivity (Wildman–Crippen MR) is 84.6 cm³/mol. The summed E-state index contributed by atoms with van der Waals surface area (Å²) in [5.41, 5.74) is 1.33. The van der Waals surface area contributed by atoms with Crippen LogP contribution in [-0.2, 0) is 6.54 Å². The first kappa shape index (κ1) is 14.0. The van der Waals surface area contributed by atoms with Gasteiger partial charge in [0.1, 0.15) is 6.33 Å². The van der Waals surface area contributed by atoms with Gasteiger partial charge in [-0.05, 0) is 17.7 Å². The SMILES string of the molecule is NN(c1ccccc1)c1ncn(Cc2ccccc2)c(=O)n1. The molecular formula is C16H15N5O. The maximum atomic E-state index is 12.1. The van der Waals surface area contributed by atoms with Crippen molar-refractivity contribution in [2.45, 2.75) is 6.54 Å². The van der Waals surface area contributed by atoms with Crippen molar-refractivity contribution >= 4 is 11.6 Å². The number of aromatic nitrogens is 3. The summed E-state index contributed by atoms with van der Waals surface area (Å²) in [6.45, 7) is 0.426. The van der Waals surface area contributed by atoms with Crippen LogP contribution < -0.4 is 16.5 Å². The monoisotopic (exact) mass is 293 g/mol. The number of hydrogen-bond donors (Lipinski definition) is 1. The Bertz CT molecular complexity index is 802. The van der Waals surface area contributed by atoms with Crippen molar-refractivity contribution in [2.75, 3.05) is 5.01 Å². The molecule has 0 fully saturated rings. The van der Waals surface area contributed by atoms with Crippen LogP contribution in [0.15, 0.2) is 71.8 Å². The second kappa shape index (κ2) is 6.19. The number of hydrazine groups is 1. The van der Waals surface area contributed by atoms with Gasteiger partial charge in [-0.3, -0.25) is 4.57 Å². The molecule has 0 aliphatic carbocycles. The van der Waals surface area contributed by atoms with Crippen molar-refractivity contribution in [1.29, 1.82) is 0 Å². The highest BCUT2D eigenvalue weighted by molar-refractivity contribution is 5.54. The molecular weight excluding hydrogens is 278 g/mol. The smallest absolute Gasteiger partial charge is 0.278 e. The molecule has 6 nitrogen and oxygen atoms in total. The van der Waals surface area contributed by atoms with Crippen molar-refractivity contribution in [3.8, 4) is 0 Å². The zero-order valence-electron chi connectivity index (χ0n) is 11.8. The van der Waals surface area contributed by atoms with Crippen LogP contribution in [0.25, 0.3) is 0 Å².